The van der Waals surface area contributed by atoms with E-state index in [9.17, 15) is 9.59 Å². The molecule has 0 bridgehead atoms. The van der Waals surface area contributed by atoms with Gasteiger partial charge in [0.1, 0.15) is 12.4 Å². The quantitative estimate of drug-likeness (QED) is 0.575. The third kappa shape index (κ3) is 4.30. The third-order valence-electron chi connectivity index (χ3n) is 5.18. The van der Waals surface area contributed by atoms with E-state index < -0.39 is 0 Å². The van der Waals surface area contributed by atoms with E-state index in [0.717, 1.165) is 15.2 Å². The van der Waals surface area contributed by atoms with Gasteiger partial charge in [-0.1, -0.05) is 5.16 Å². The highest BCUT2D eigenvalue weighted by Crippen LogP contribution is 2.26. The lowest BCUT2D eigenvalue weighted by Gasteiger charge is -2.20. The van der Waals surface area contributed by atoms with Crippen molar-refractivity contribution in [2.75, 3.05) is 26.7 Å². The first-order valence-electron chi connectivity index (χ1n) is 9.91. The number of ether oxygens (including phenoxy) is 1. The summed E-state index contributed by atoms with van der Waals surface area (Å²) in [7, 11) is 1.72. The summed E-state index contributed by atoms with van der Waals surface area (Å²) < 4.78 is 12.2. The molecule has 3 aromatic rings. The Morgan fingerprint density at radius 2 is 2.23 bits per heavy atom. The van der Waals surface area contributed by atoms with Crippen molar-refractivity contribution in [1.82, 2.24) is 19.9 Å². The fraction of sp³-hybridized carbons (Fsp3) is 0.429. The van der Waals surface area contributed by atoms with Crippen LogP contribution < -0.4 is 4.74 Å². The first kappa shape index (κ1) is 20.3. The number of benzene rings is 1. The number of amides is 2. The van der Waals surface area contributed by atoms with Crippen LogP contribution >= 0.6 is 11.3 Å². The summed E-state index contributed by atoms with van der Waals surface area (Å²) in [4.78, 5) is 32.4. The maximum atomic E-state index is 12.7. The number of likely N-dealkylation sites (tertiary alicyclic amines) is 1. The Morgan fingerprint density at radius 3 is 3.00 bits per heavy atom. The molecule has 1 atom stereocenters. The molecule has 30 heavy (non-hydrogen) atoms. The van der Waals surface area contributed by atoms with E-state index in [4.69, 9.17) is 9.26 Å². The van der Waals surface area contributed by atoms with Gasteiger partial charge in [0.25, 0.3) is 5.91 Å². The van der Waals surface area contributed by atoms with Crippen molar-refractivity contribution < 1.29 is 18.8 Å². The van der Waals surface area contributed by atoms with Crippen molar-refractivity contribution in [3.05, 3.63) is 40.7 Å². The minimum Gasteiger partial charge on any atom is -0.485 e. The molecule has 158 valence electrons. The number of rotatable bonds is 7. The maximum Gasteiger partial charge on any atom is 0.275 e. The molecular weight excluding hydrogens is 404 g/mol. The molecule has 4 rings (SSSR count). The molecule has 0 spiro atoms. The number of fused-ring (bicyclic) bond motifs is 1. The van der Waals surface area contributed by atoms with Gasteiger partial charge < -0.3 is 19.1 Å². The van der Waals surface area contributed by atoms with E-state index in [0.29, 0.717) is 37.6 Å². The molecule has 1 unspecified atom stereocenters. The van der Waals surface area contributed by atoms with Gasteiger partial charge in [0, 0.05) is 51.2 Å². The maximum absolute atomic E-state index is 12.7. The van der Waals surface area contributed by atoms with Crippen molar-refractivity contribution in [2.45, 2.75) is 26.9 Å². The number of thiazole rings is 1. The second-order valence-electron chi connectivity index (χ2n) is 7.52. The van der Waals surface area contributed by atoms with E-state index in [2.05, 4.69) is 10.1 Å². The van der Waals surface area contributed by atoms with Gasteiger partial charge in [-0.15, -0.1) is 11.3 Å². The molecule has 0 aliphatic carbocycles. The van der Waals surface area contributed by atoms with Crippen LogP contribution in [-0.2, 0) is 11.4 Å². The fourth-order valence-corrected chi connectivity index (χ4v) is 4.50. The summed E-state index contributed by atoms with van der Waals surface area (Å²) in [5.41, 5.74) is 1.13. The van der Waals surface area contributed by atoms with Crippen LogP contribution in [0.25, 0.3) is 10.2 Å². The lowest BCUT2D eigenvalue weighted by Crippen LogP contribution is -2.33. The summed E-state index contributed by atoms with van der Waals surface area (Å²) in [5, 5.41) is 4.90. The Hall–Kier alpha value is -2.94. The third-order valence-corrected chi connectivity index (χ3v) is 6.13. The zero-order valence-electron chi connectivity index (χ0n) is 17.3. The number of nitrogens with zero attached hydrogens (tertiary/aromatic N) is 4. The van der Waals surface area contributed by atoms with Crippen LogP contribution in [0.15, 0.2) is 28.8 Å². The van der Waals surface area contributed by atoms with Crippen LogP contribution in [-0.4, -0.2) is 58.4 Å². The molecule has 0 saturated carbocycles. The smallest absolute Gasteiger partial charge is 0.275 e. The summed E-state index contributed by atoms with van der Waals surface area (Å²) in [6, 6.07) is 7.35. The van der Waals surface area contributed by atoms with E-state index in [1.54, 1.807) is 29.4 Å². The molecule has 2 amide bonds. The Bertz CT molecular complexity index is 1080. The minimum atomic E-state index is -0.230. The average molecular weight is 429 g/mol. The molecule has 1 saturated heterocycles. The van der Waals surface area contributed by atoms with Gasteiger partial charge in [-0.2, -0.15) is 0 Å². The highest BCUT2D eigenvalue weighted by Gasteiger charge is 2.30. The molecule has 0 N–H and O–H groups in total. The van der Waals surface area contributed by atoms with Crippen molar-refractivity contribution in [1.29, 1.82) is 0 Å². The number of carbonyl (C=O) groups excluding carboxylic acids is 2. The Balaban J connectivity index is 1.33. The predicted molar refractivity (Wildman–Crippen MR) is 113 cm³/mol. The molecule has 8 nitrogen and oxygen atoms in total. The molecule has 2 aromatic heterocycles. The van der Waals surface area contributed by atoms with E-state index >= 15 is 0 Å². The van der Waals surface area contributed by atoms with Crippen molar-refractivity contribution >= 4 is 33.4 Å². The van der Waals surface area contributed by atoms with Crippen LogP contribution in [0.2, 0.25) is 0 Å². The van der Waals surface area contributed by atoms with Crippen LogP contribution in [0.4, 0.5) is 0 Å². The Kier molecular flexibility index (Phi) is 5.72. The zero-order chi connectivity index (χ0) is 21.3. The Labute approximate surface area is 178 Å². The lowest BCUT2D eigenvalue weighted by molar-refractivity contribution is -0.127. The number of carbonyl (C=O) groups is 2. The monoisotopic (exact) mass is 428 g/mol. The molecule has 9 heteroatoms. The van der Waals surface area contributed by atoms with Gasteiger partial charge in [-0.25, -0.2) is 4.98 Å². The molecule has 0 radical (unpaired) electrons. The van der Waals surface area contributed by atoms with Gasteiger partial charge in [0.2, 0.25) is 5.91 Å². The standard InChI is InChI=1S/C21H24N4O4S/c1-4-25-11-14(7-20(25)26)10-24(3)21(27)18-9-16(29-23-18)12-28-15-5-6-19-17(8-15)22-13(2)30-19/h5-6,8-9,14H,4,7,10-12H2,1-3H3. The van der Waals surface area contributed by atoms with E-state index in [-0.39, 0.29) is 30.0 Å². The van der Waals surface area contributed by atoms with E-state index in [1.807, 2.05) is 36.9 Å². The topological polar surface area (TPSA) is 88.8 Å². The molecule has 1 aliphatic heterocycles. The van der Waals surface area contributed by atoms with Gasteiger partial charge in [0.05, 0.1) is 15.2 Å². The summed E-state index contributed by atoms with van der Waals surface area (Å²) in [6.45, 7) is 6.00. The number of aryl methyl sites for hydroxylation is 1. The number of aromatic nitrogens is 2. The van der Waals surface area contributed by atoms with E-state index in [1.165, 1.54) is 0 Å². The first-order chi connectivity index (χ1) is 14.4. The summed E-state index contributed by atoms with van der Waals surface area (Å²) in [5.74, 6) is 1.21. The van der Waals surface area contributed by atoms with Crippen LogP contribution in [0.3, 0.4) is 0 Å². The second kappa shape index (κ2) is 8.43. The molecular formula is C21H24N4O4S. The minimum absolute atomic E-state index is 0.144. The second-order valence-corrected chi connectivity index (χ2v) is 8.75. The number of hydrogen-bond donors (Lipinski definition) is 0. The highest BCUT2D eigenvalue weighted by atomic mass is 32.1. The fourth-order valence-electron chi connectivity index (χ4n) is 3.70. The molecule has 3 heterocycles. The molecule has 1 aliphatic rings. The van der Waals surface area contributed by atoms with Crippen molar-refractivity contribution in [3.8, 4) is 5.75 Å². The van der Waals surface area contributed by atoms with Gasteiger partial charge in [-0.05, 0) is 26.0 Å². The lowest BCUT2D eigenvalue weighted by atomic mass is 10.1. The SMILES string of the molecule is CCN1CC(CN(C)C(=O)c2cc(COc3ccc4sc(C)nc4c3)on2)CC1=O. The van der Waals surface area contributed by atoms with Gasteiger partial charge >= 0.3 is 0 Å². The highest BCUT2D eigenvalue weighted by molar-refractivity contribution is 7.18. The van der Waals surface area contributed by atoms with Crippen molar-refractivity contribution in [3.63, 3.8) is 0 Å². The van der Waals surface area contributed by atoms with Crippen LogP contribution in [0.1, 0.15) is 34.6 Å². The first-order valence-corrected chi connectivity index (χ1v) is 10.7. The van der Waals surface area contributed by atoms with Crippen molar-refractivity contribution in [2.24, 2.45) is 5.92 Å². The number of hydrogen-bond acceptors (Lipinski definition) is 7. The summed E-state index contributed by atoms with van der Waals surface area (Å²) >= 11 is 1.64. The van der Waals surface area contributed by atoms with Gasteiger partial charge in [-0.3, -0.25) is 9.59 Å². The van der Waals surface area contributed by atoms with Gasteiger partial charge in [0.15, 0.2) is 11.5 Å². The average Bonchev–Trinajstić information content (AvgIpc) is 3.42. The molecule has 1 fully saturated rings. The normalized spacial score (nSPS) is 16.4. The van der Waals surface area contributed by atoms with Crippen LogP contribution in [0, 0.1) is 12.8 Å². The molecule has 1 aromatic carbocycles. The zero-order valence-corrected chi connectivity index (χ0v) is 18.1. The largest absolute Gasteiger partial charge is 0.485 e. The predicted octanol–water partition coefficient (Wildman–Crippen LogP) is 3.11. The Morgan fingerprint density at radius 1 is 1.40 bits per heavy atom. The summed E-state index contributed by atoms with van der Waals surface area (Å²) in [6.07, 6.45) is 0.478. The van der Waals surface area contributed by atoms with Crippen LogP contribution in [0.5, 0.6) is 5.75 Å².